The first-order chi connectivity index (χ1) is 18.7. The molecule has 2 aromatic carbocycles. The summed E-state index contributed by atoms with van der Waals surface area (Å²) in [5.41, 5.74) is 0.635. The summed E-state index contributed by atoms with van der Waals surface area (Å²) in [6.45, 7) is -0.135. The van der Waals surface area contributed by atoms with Gasteiger partial charge < -0.3 is 29.0 Å². The van der Waals surface area contributed by atoms with Gasteiger partial charge in [-0.1, -0.05) is 12.1 Å². The molecule has 8 nitrogen and oxygen atoms in total. The van der Waals surface area contributed by atoms with Crippen molar-refractivity contribution < 1.29 is 64.4 Å². The van der Waals surface area contributed by atoms with Crippen LogP contribution < -0.4 is 9.47 Å². The Balaban J connectivity index is 1.99. The Labute approximate surface area is 224 Å². The Bertz CT molecular complexity index is 1110. The van der Waals surface area contributed by atoms with Crippen LogP contribution in [0.25, 0.3) is 0 Å². The number of carboxylic acid groups (broad SMARTS) is 1. The van der Waals surface area contributed by atoms with Gasteiger partial charge in [0.2, 0.25) is 0 Å². The number of benzene rings is 2. The lowest BCUT2D eigenvalue weighted by molar-refractivity contribution is -0.391. The number of hydrogen-bond donors (Lipinski definition) is 1. The predicted molar refractivity (Wildman–Crippen MR) is 124 cm³/mol. The Morgan fingerprint density at radius 3 is 2.23 bits per heavy atom. The molecule has 40 heavy (non-hydrogen) atoms. The van der Waals surface area contributed by atoms with Crippen molar-refractivity contribution in [3.05, 3.63) is 59.7 Å². The number of halogens is 7. The van der Waals surface area contributed by atoms with E-state index in [1.54, 1.807) is 19.1 Å². The second kappa shape index (κ2) is 14.7. The fourth-order valence-corrected chi connectivity index (χ4v) is 3.18. The topological polar surface area (TPSA) is 94.5 Å². The molecule has 1 amide bonds. The van der Waals surface area contributed by atoms with Gasteiger partial charge in [-0.3, -0.25) is 0 Å². The highest BCUT2D eigenvalue weighted by atomic mass is 19.4. The third-order valence-electron chi connectivity index (χ3n) is 5.15. The van der Waals surface area contributed by atoms with Crippen molar-refractivity contribution in [3.63, 3.8) is 0 Å². The van der Waals surface area contributed by atoms with Gasteiger partial charge in [0, 0.05) is 25.6 Å². The van der Waals surface area contributed by atoms with Crippen molar-refractivity contribution in [2.45, 2.75) is 38.2 Å². The zero-order valence-electron chi connectivity index (χ0n) is 21.1. The number of ether oxygens (including phenoxy) is 4. The molecule has 0 saturated carbocycles. The number of amides is 1. The quantitative estimate of drug-likeness (QED) is 0.220. The fourth-order valence-electron chi connectivity index (χ4n) is 3.18. The molecular weight excluding hydrogens is 559 g/mol. The van der Waals surface area contributed by atoms with Gasteiger partial charge in [0.05, 0.1) is 13.2 Å². The molecule has 0 saturated heterocycles. The Morgan fingerprint density at radius 2 is 1.65 bits per heavy atom. The summed E-state index contributed by atoms with van der Waals surface area (Å²) in [4.78, 5) is 24.6. The maximum absolute atomic E-state index is 13.9. The minimum atomic E-state index is -5.92. The standard InChI is InChI=1S/C25H26F7NO7/c1-2-37-21(22(34)35)14-16-4-7-18(8-5-16)38-13-11-33(10-3-12-39-25(31,32)24(28,29)30)23(36)40-20-9-6-17(26)15-19(20)27/h4-9,15,21H,2-3,10-14H2,1H3,(H,34,35). The number of rotatable bonds is 15. The third kappa shape index (κ3) is 10.2. The molecule has 1 atom stereocenters. The van der Waals surface area contributed by atoms with E-state index in [2.05, 4.69) is 4.74 Å². The molecule has 0 aliphatic rings. The second-order valence-electron chi connectivity index (χ2n) is 8.13. The average Bonchev–Trinajstić information content (AvgIpc) is 2.87. The van der Waals surface area contributed by atoms with E-state index in [0.29, 0.717) is 17.4 Å². The van der Waals surface area contributed by atoms with Gasteiger partial charge in [-0.05, 0) is 43.2 Å². The largest absolute Gasteiger partial charge is 0.492 e. The maximum Gasteiger partial charge on any atom is 0.482 e. The van der Waals surface area contributed by atoms with Gasteiger partial charge in [0.15, 0.2) is 17.7 Å². The highest BCUT2D eigenvalue weighted by Gasteiger charge is 2.59. The molecule has 2 aromatic rings. The molecule has 0 aromatic heterocycles. The maximum atomic E-state index is 13.9. The highest BCUT2D eigenvalue weighted by Crippen LogP contribution is 2.36. The van der Waals surface area contributed by atoms with Crippen LogP contribution in [0.1, 0.15) is 18.9 Å². The van der Waals surface area contributed by atoms with Gasteiger partial charge >= 0.3 is 24.3 Å². The van der Waals surface area contributed by atoms with E-state index >= 15 is 0 Å². The molecule has 222 valence electrons. The number of alkyl halides is 5. The van der Waals surface area contributed by atoms with Crippen molar-refractivity contribution in [3.8, 4) is 11.5 Å². The van der Waals surface area contributed by atoms with Crippen molar-refractivity contribution in [1.82, 2.24) is 4.90 Å². The van der Waals surface area contributed by atoms with Crippen molar-refractivity contribution >= 4 is 12.1 Å². The number of carboxylic acids is 1. The van der Waals surface area contributed by atoms with Gasteiger partial charge in [-0.2, -0.15) is 22.0 Å². The fraction of sp³-hybridized carbons (Fsp3) is 0.440. The molecule has 1 unspecified atom stereocenters. The molecule has 15 heteroatoms. The molecule has 2 rings (SSSR count). The van der Waals surface area contributed by atoms with Gasteiger partial charge in [-0.25, -0.2) is 18.4 Å². The summed E-state index contributed by atoms with van der Waals surface area (Å²) < 4.78 is 109. The zero-order valence-corrected chi connectivity index (χ0v) is 21.1. The summed E-state index contributed by atoms with van der Waals surface area (Å²) in [5.74, 6) is -3.60. The van der Waals surface area contributed by atoms with Gasteiger partial charge in [0.1, 0.15) is 18.2 Å². The highest BCUT2D eigenvalue weighted by molar-refractivity contribution is 5.72. The molecule has 0 spiro atoms. The Morgan fingerprint density at radius 1 is 0.975 bits per heavy atom. The monoisotopic (exact) mass is 585 g/mol. The molecule has 0 bridgehead atoms. The molecule has 0 radical (unpaired) electrons. The third-order valence-corrected chi connectivity index (χ3v) is 5.15. The van der Waals surface area contributed by atoms with Crippen molar-refractivity contribution in [1.29, 1.82) is 0 Å². The van der Waals surface area contributed by atoms with E-state index < -0.39 is 67.4 Å². The van der Waals surface area contributed by atoms with E-state index in [9.17, 15) is 45.4 Å². The van der Waals surface area contributed by atoms with Gasteiger partial charge in [0.25, 0.3) is 0 Å². The van der Waals surface area contributed by atoms with E-state index in [0.717, 1.165) is 17.0 Å². The smallest absolute Gasteiger partial charge is 0.482 e. The van der Waals surface area contributed by atoms with Crippen LogP contribution in [0.15, 0.2) is 42.5 Å². The summed E-state index contributed by atoms with van der Waals surface area (Å²) in [5, 5.41) is 9.18. The van der Waals surface area contributed by atoms with Crippen LogP contribution in [0.2, 0.25) is 0 Å². The molecule has 0 fully saturated rings. The predicted octanol–water partition coefficient (Wildman–Crippen LogP) is 5.44. The summed E-state index contributed by atoms with van der Waals surface area (Å²) in [6, 6.07) is 8.33. The van der Waals surface area contributed by atoms with E-state index in [1.807, 2.05) is 0 Å². The molecular formula is C25H26F7NO7. The molecule has 1 N–H and O–H groups in total. The summed E-state index contributed by atoms with van der Waals surface area (Å²) in [6.07, 6.45) is -13.9. The minimum Gasteiger partial charge on any atom is -0.492 e. The van der Waals surface area contributed by atoms with Crippen molar-refractivity contribution in [2.24, 2.45) is 0 Å². The number of hydrogen-bond acceptors (Lipinski definition) is 6. The van der Waals surface area contributed by atoms with Crippen LogP contribution in [0.3, 0.4) is 0 Å². The molecule has 0 heterocycles. The molecule has 0 aliphatic carbocycles. The minimum absolute atomic E-state index is 0.0957. The second-order valence-corrected chi connectivity index (χ2v) is 8.13. The van der Waals surface area contributed by atoms with Crippen LogP contribution >= 0.6 is 0 Å². The number of carbonyl (C=O) groups excluding carboxylic acids is 1. The number of carbonyl (C=O) groups is 2. The van der Waals surface area contributed by atoms with E-state index in [4.69, 9.17) is 14.2 Å². The number of nitrogens with zero attached hydrogens (tertiary/aromatic N) is 1. The first-order valence-corrected chi connectivity index (χ1v) is 11.8. The molecule has 0 aliphatic heterocycles. The van der Waals surface area contributed by atoms with E-state index in [1.165, 1.54) is 12.1 Å². The average molecular weight is 585 g/mol. The van der Waals surface area contributed by atoms with E-state index in [-0.39, 0.29) is 26.2 Å². The van der Waals surface area contributed by atoms with Crippen LogP contribution in [0.5, 0.6) is 11.5 Å². The SMILES string of the molecule is CCOC(Cc1ccc(OCCN(CCCOC(F)(F)C(F)(F)F)C(=O)Oc2ccc(F)cc2F)cc1)C(=O)O. The lowest BCUT2D eigenvalue weighted by atomic mass is 10.1. The van der Waals surface area contributed by atoms with Gasteiger partial charge in [-0.15, -0.1) is 0 Å². The lowest BCUT2D eigenvalue weighted by Gasteiger charge is -2.23. The van der Waals surface area contributed by atoms with Crippen LogP contribution in [-0.2, 0) is 20.7 Å². The number of aliphatic carboxylic acids is 1. The summed E-state index contributed by atoms with van der Waals surface area (Å²) >= 11 is 0. The summed E-state index contributed by atoms with van der Waals surface area (Å²) in [7, 11) is 0. The first-order valence-electron chi connectivity index (χ1n) is 11.8. The Hall–Kier alpha value is -3.59. The first kappa shape index (κ1) is 32.6. The van der Waals surface area contributed by atoms with Crippen LogP contribution in [0.4, 0.5) is 35.5 Å². The normalized spacial score (nSPS) is 12.6. The van der Waals surface area contributed by atoms with Crippen LogP contribution in [-0.4, -0.2) is 73.4 Å². The van der Waals surface area contributed by atoms with Crippen LogP contribution in [0, 0.1) is 11.6 Å². The van der Waals surface area contributed by atoms with Crippen molar-refractivity contribution in [2.75, 3.05) is 32.9 Å². The lowest BCUT2D eigenvalue weighted by Crippen LogP contribution is -2.41. The Kier molecular flexibility index (Phi) is 12.0. The zero-order chi connectivity index (χ0) is 29.9.